The molecule has 2 nitrogen and oxygen atoms in total. The number of carbonyl (C=O) groups is 1. The second kappa shape index (κ2) is 3.72. The van der Waals surface area contributed by atoms with Crippen molar-refractivity contribution >= 4 is 17.3 Å². The highest BCUT2D eigenvalue weighted by molar-refractivity contribution is 7.12. The Morgan fingerprint density at radius 3 is 2.67 bits per heavy atom. The molecule has 0 saturated carbocycles. The quantitative estimate of drug-likeness (QED) is 0.783. The van der Waals surface area contributed by atoms with E-state index in [4.69, 9.17) is 5.11 Å². The molecule has 0 amide bonds. The third-order valence-corrected chi connectivity index (χ3v) is 2.76. The topological polar surface area (TPSA) is 37.3 Å². The molecule has 0 saturated heterocycles. The largest absolute Gasteiger partial charge is 0.481 e. The number of aliphatic carboxylic acids is 1. The molecule has 0 spiro atoms. The van der Waals surface area contributed by atoms with E-state index < -0.39 is 5.97 Å². The molecule has 1 aromatic heterocycles. The fourth-order valence-corrected chi connectivity index (χ4v) is 2.15. The smallest absolute Gasteiger partial charge is 0.303 e. The van der Waals surface area contributed by atoms with Crippen LogP contribution < -0.4 is 0 Å². The summed E-state index contributed by atoms with van der Waals surface area (Å²) in [5.41, 5.74) is 1.18. The van der Waals surface area contributed by atoms with Crippen LogP contribution >= 0.6 is 11.3 Å². The van der Waals surface area contributed by atoms with E-state index in [0.717, 1.165) is 0 Å². The molecule has 0 bridgehead atoms. The summed E-state index contributed by atoms with van der Waals surface area (Å²) in [5.74, 6) is -0.724. The van der Waals surface area contributed by atoms with E-state index >= 15 is 0 Å². The first-order chi connectivity index (χ1) is 5.59. The van der Waals surface area contributed by atoms with E-state index in [1.54, 1.807) is 11.3 Å². The number of carboxylic acids is 1. The zero-order chi connectivity index (χ0) is 9.14. The summed E-state index contributed by atoms with van der Waals surface area (Å²) in [5, 5.41) is 8.48. The fourth-order valence-electron chi connectivity index (χ4n) is 1.17. The summed E-state index contributed by atoms with van der Waals surface area (Å²) >= 11 is 1.73. The number of hydrogen-bond donors (Lipinski definition) is 1. The standard InChI is InChI=1S/C9H12O2S/c1-6-5-8(7(2)12-6)3-4-9(10)11/h5H,3-4H2,1-2H3,(H,10,11). The van der Waals surface area contributed by atoms with Gasteiger partial charge in [0.1, 0.15) is 0 Å². The Balaban J connectivity index is 2.62. The number of rotatable bonds is 3. The second-order valence-corrected chi connectivity index (χ2v) is 4.29. The highest BCUT2D eigenvalue weighted by atomic mass is 32.1. The highest BCUT2D eigenvalue weighted by Gasteiger charge is 2.04. The Labute approximate surface area is 75.9 Å². The normalized spacial score (nSPS) is 10.2. The lowest BCUT2D eigenvalue weighted by Crippen LogP contribution is -1.97. The van der Waals surface area contributed by atoms with Crippen LogP contribution in [0.2, 0.25) is 0 Å². The molecule has 0 aliphatic carbocycles. The van der Waals surface area contributed by atoms with E-state index in [9.17, 15) is 4.79 Å². The molecule has 0 unspecified atom stereocenters. The molecule has 1 N–H and O–H groups in total. The van der Waals surface area contributed by atoms with Crippen LogP contribution in [0.5, 0.6) is 0 Å². The van der Waals surface area contributed by atoms with E-state index in [1.807, 2.05) is 13.8 Å². The first-order valence-electron chi connectivity index (χ1n) is 3.87. The lowest BCUT2D eigenvalue weighted by Gasteiger charge is -1.94. The van der Waals surface area contributed by atoms with Gasteiger partial charge in [-0.1, -0.05) is 0 Å². The van der Waals surface area contributed by atoms with Gasteiger partial charge in [-0.25, -0.2) is 0 Å². The van der Waals surface area contributed by atoms with Gasteiger partial charge in [0.15, 0.2) is 0 Å². The van der Waals surface area contributed by atoms with E-state index in [2.05, 4.69) is 6.07 Å². The molecule has 66 valence electrons. The van der Waals surface area contributed by atoms with Crippen molar-refractivity contribution in [3.63, 3.8) is 0 Å². The Bertz CT molecular complexity index is 289. The molecule has 3 heteroatoms. The summed E-state index contributed by atoms with van der Waals surface area (Å²) in [6, 6.07) is 2.07. The number of hydrogen-bond acceptors (Lipinski definition) is 2. The van der Waals surface area contributed by atoms with Crippen molar-refractivity contribution in [2.75, 3.05) is 0 Å². The molecule has 0 aliphatic rings. The van der Waals surface area contributed by atoms with Crippen molar-refractivity contribution in [3.05, 3.63) is 21.4 Å². The van der Waals surface area contributed by atoms with Crippen LogP contribution in [0.1, 0.15) is 21.7 Å². The van der Waals surface area contributed by atoms with Crippen LogP contribution in [-0.4, -0.2) is 11.1 Å². The van der Waals surface area contributed by atoms with Crippen LogP contribution in [0.25, 0.3) is 0 Å². The Morgan fingerprint density at radius 1 is 1.58 bits per heavy atom. The van der Waals surface area contributed by atoms with Crippen molar-refractivity contribution in [1.29, 1.82) is 0 Å². The van der Waals surface area contributed by atoms with Gasteiger partial charge in [-0.3, -0.25) is 4.79 Å². The maximum atomic E-state index is 10.3. The molecule has 0 atom stereocenters. The van der Waals surface area contributed by atoms with E-state index in [-0.39, 0.29) is 6.42 Å². The van der Waals surface area contributed by atoms with Crippen LogP contribution in [0.4, 0.5) is 0 Å². The molecular weight excluding hydrogens is 172 g/mol. The summed E-state index contributed by atoms with van der Waals surface area (Å²) in [6.07, 6.45) is 0.891. The highest BCUT2D eigenvalue weighted by Crippen LogP contribution is 2.21. The number of aryl methyl sites for hydroxylation is 3. The Hall–Kier alpha value is -0.830. The van der Waals surface area contributed by atoms with E-state index in [0.29, 0.717) is 6.42 Å². The summed E-state index contributed by atoms with van der Waals surface area (Å²) in [6.45, 7) is 4.08. The van der Waals surface area contributed by atoms with Gasteiger partial charge in [-0.05, 0) is 31.9 Å². The van der Waals surface area contributed by atoms with Gasteiger partial charge in [-0.2, -0.15) is 0 Å². The third kappa shape index (κ3) is 2.34. The zero-order valence-corrected chi connectivity index (χ0v) is 8.07. The van der Waals surface area contributed by atoms with Crippen molar-refractivity contribution in [2.24, 2.45) is 0 Å². The van der Waals surface area contributed by atoms with Crippen molar-refractivity contribution in [2.45, 2.75) is 26.7 Å². The SMILES string of the molecule is Cc1cc(CCC(=O)O)c(C)s1. The lowest BCUT2D eigenvalue weighted by atomic mass is 10.1. The predicted octanol–water partition coefficient (Wildman–Crippen LogP) is 2.38. The van der Waals surface area contributed by atoms with Crippen LogP contribution in [0, 0.1) is 13.8 Å². The average Bonchev–Trinajstić information content (AvgIpc) is 2.26. The van der Waals surface area contributed by atoms with Crippen LogP contribution in [0.15, 0.2) is 6.07 Å². The molecule has 0 aromatic carbocycles. The van der Waals surface area contributed by atoms with Gasteiger partial charge in [0.05, 0.1) is 0 Å². The average molecular weight is 184 g/mol. The van der Waals surface area contributed by atoms with E-state index in [1.165, 1.54) is 15.3 Å². The van der Waals surface area contributed by atoms with Crippen LogP contribution in [-0.2, 0) is 11.2 Å². The minimum atomic E-state index is -0.724. The predicted molar refractivity (Wildman–Crippen MR) is 49.7 cm³/mol. The lowest BCUT2D eigenvalue weighted by molar-refractivity contribution is -0.136. The molecule has 1 aromatic rings. The van der Waals surface area contributed by atoms with Crippen molar-refractivity contribution in [3.8, 4) is 0 Å². The maximum absolute atomic E-state index is 10.3. The van der Waals surface area contributed by atoms with Gasteiger partial charge in [0, 0.05) is 16.2 Å². The first-order valence-corrected chi connectivity index (χ1v) is 4.69. The minimum Gasteiger partial charge on any atom is -0.481 e. The summed E-state index contributed by atoms with van der Waals surface area (Å²) < 4.78 is 0. The van der Waals surface area contributed by atoms with Gasteiger partial charge in [0.2, 0.25) is 0 Å². The number of thiophene rings is 1. The number of carboxylic acid groups (broad SMARTS) is 1. The summed E-state index contributed by atoms with van der Waals surface area (Å²) in [7, 11) is 0. The zero-order valence-electron chi connectivity index (χ0n) is 7.26. The van der Waals surface area contributed by atoms with Crippen molar-refractivity contribution < 1.29 is 9.90 Å². The third-order valence-electron chi connectivity index (χ3n) is 1.75. The maximum Gasteiger partial charge on any atom is 0.303 e. The summed E-state index contributed by atoms with van der Waals surface area (Å²) in [4.78, 5) is 12.8. The van der Waals surface area contributed by atoms with Gasteiger partial charge in [0.25, 0.3) is 0 Å². The monoisotopic (exact) mass is 184 g/mol. The second-order valence-electron chi connectivity index (χ2n) is 2.83. The molecular formula is C9H12O2S. The molecule has 0 fully saturated rings. The van der Waals surface area contributed by atoms with Gasteiger partial charge < -0.3 is 5.11 Å². The van der Waals surface area contributed by atoms with Gasteiger partial charge in [-0.15, -0.1) is 11.3 Å². The molecule has 1 heterocycles. The van der Waals surface area contributed by atoms with Crippen LogP contribution in [0.3, 0.4) is 0 Å². The molecule has 0 aliphatic heterocycles. The molecule has 12 heavy (non-hydrogen) atoms. The van der Waals surface area contributed by atoms with Gasteiger partial charge >= 0.3 is 5.97 Å². The Morgan fingerprint density at radius 2 is 2.25 bits per heavy atom. The van der Waals surface area contributed by atoms with Crippen molar-refractivity contribution in [1.82, 2.24) is 0 Å². The fraction of sp³-hybridized carbons (Fsp3) is 0.444. The first kappa shape index (κ1) is 9.26. The molecule has 1 rings (SSSR count). The molecule has 0 radical (unpaired) electrons. The Kier molecular flexibility index (Phi) is 2.87. The minimum absolute atomic E-state index is 0.233.